The Morgan fingerprint density at radius 3 is 2.45 bits per heavy atom. The molecule has 1 fully saturated rings. The summed E-state index contributed by atoms with van der Waals surface area (Å²) in [5.41, 5.74) is 2.05. The number of rotatable bonds is 18. The lowest BCUT2D eigenvalue weighted by Gasteiger charge is -2.25. The van der Waals surface area contributed by atoms with Crippen LogP contribution in [0.15, 0.2) is 61.0 Å². The number of aryl methyl sites for hydroxylation is 2. The maximum Gasteiger partial charge on any atom is 0.303 e. The van der Waals surface area contributed by atoms with Crippen LogP contribution in [-0.2, 0) is 42.7 Å². The summed E-state index contributed by atoms with van der Waals surface area (Å²) in [6.45, 7) is 4.51. The van der Waals surface area contributed by atoms with Crippen molar-refractivity contribution < 1.29 is 52.9 Å². The summed E-state index contributed by atoms with van der Waals surface area (Å²) in [5.74, 6) is -3.28. The molecule has 7 rings (SSSR count). The number of hydrogen-bond donors (Lipinski definition) is 6. The van der Waals surface area contributed by atoms with Gasteiger partial charge in [0.25, 0.3) is 23.6 Å². The third-order valence-corrected chi connectivity index (χ3v) is 11.0. The summed E-state index contributed by atoms with van der Waals surface area (Å²) in [6.07, 6.45) is 5.88. The second-order valence-electron chi connectivity index (χ2n) is 15.7. The molecular weight excluding hydrogens is 881 g/mol. The van der Waals surface area contributed by atoms with Crippen LogP contribution in [0, 0.1) is 10.1 Å². The predicted octanol–water partition coefficient (Wildman–Crippen LogP) is 1.62. The van der Waals surface area contributed by atoms with Crippen LogP contribution in [0.25, 0.3) is 11.2 Å². The summed E-state index contributed by atoms with van der Waals surface area (Å²) in [5, 5.41) is 24.6. The first kappa shape index (κ1) is 46.7. The number of carbonyl (C=O) groups excluding carboxylic acids is 6. The third-order valence-electron chi connectivity index (χ3n) is 11.0. The Kier molecular flexibility index (Phi) is 13.8. The standard InChI is InChI=1S/C41H48N14O12/c1-21-26(48-38(60)29-14-25(18-52(29)5)47-37(59)28-9-7-12-51(28)4)15-30(53(21)6)39(61)46-24-13-27(44-17-24)36(58)42-10-8-11-43-41-49-35-34(40(50-41)67-55(62)63)45-20-54(35)33-16-31(65-23(3)57)32(66-33)19-64-22(2)56/h7,9,12-15,17-18,20-21,26,31-33,44H,8,10-11,16,19H2,1-6H3,(H,42,58)(H,46,61)(H,47,59)(H,48,60)(H,43,49,50)/t21?,26?,31?,32-,33-/m1/s1. The van der Waals surface area contributed by atoms with Crippen LogP contribution in [0.5, 0.6) is 5.88 Å². The molecule has 0 spiro atoms. The van der Waals surface area contributed by atoms with Crippen molar-refractivity contribution in [3.63, 3.8) is 0 Å². The Morgan fingerprint density at radius 2 is 1.73 bits per heavy atom. The van der Waals surface area contributed by atoms with Gasteiger partial charge >= 0.3 is 17.0 Å². The highest BCUT2D eigenvalue weighted by Gasteiger charge is 2.40. The van der Waals surface area contributed by atoms with E-state index >= 15 is 0 Å². The molecule has 0 bridgehead atoms. The fourth-order valence-corrected chi connectivity index (χ4v) is 7.51. The molecule has 0 saturated carbocycles. The van der Waals surface area contributed by atoms with Crippen molar-refractivity contribution in [3.8, 4) is 5.88 Å². The highest BCUT2D eigenvalue weighted by atomic mass is 17.0. The van der Waals surface area contributed by atoms with Crippen molar-refractivity contribution in [1.29, 1.82) is 0 Å². The zero-order chi connectivity index (χ0) is 48.1. The molecular formula is C41H48N14O12. The van der Waals surface area contributed by atoms with Gasteiger partial charge in [0, 0.05) is 79.1 Å². The first-order valence-corrected chi connectivity index (χ1v) is 20.8. The lowest BCUT2D eigenvalue weighted by molar-refractivity contribution is -0.711. The van der Waals surface area contributed by atoms with E-state index in [4.69, 9.17) is 19.0 Å². The van der Waals surface area contributed by atoms with Crippen LogP contribution < -0.4 is 31.4 Å². The van der Waals surface area contributed by atoms with Crippen molar-refractivity contribution in [3.05, 3.63) is 88.2 Å². The number of nitrogens with one attached hydrogen (secondary N) is 6. The SMILES string of the molecule is CC(=O)OC[C@H]1O[C@@H](n2cnc3c(O[N+](=O)[O-])nc(NCCCNC(=O)c4cc(NC(=O)C5=CC(NC(=O)c6cc(NC(=O)c7cccn7C)cn6C)C(C)N5C)c[nH]4)nc32)CC1OC(C)=O. The number of carbonyl (C=O) groups is 6. The number of nitrogens with zero attached hydrogens (tertiary/aromatic N) is 8. The Bertz CT molecular complexity index is 2750. The first-order valence-electron chi connectivity index (χ1n) is 20.8. The van der Waals surface area contributed by atoms with E-state index in [9.17, 15) is 38.9 Å². The molecule has 7 heterocycles. The van der Waals surface area contributed by atoms with Gasteiger partial charge in [0.05, 0.1) is 23.7 Å². The summed E-state index contributed by atoms with van der Waals surface area (Å²) < 4.78 is 21.2. The van der Waals surface area contributed by atoms with E-state index in [1.54, 1.807) is 71.8 Å². The van der Waals surface area contributed by atoms with E-state index in [0.29, 0.717) is 34.9 Å². The number of anilines is 3. The van der Waals surface area contributed by atoms with E-state index in [2.05, 4.69) is 46.5 Å². The van der Waals surface area contributed by atoms with E-state index in [0.717, 1.165) is 0 Å². The van der Waals surface area contributed by atoms with Crippen LogP contribution in [-0.4, -0.2) is 130 Å². The Balaban J connectivity index is 0.905. The normalized spacial score (nSPS) is 18.8. The van der Waals surface area contributed by atoms with Crippen molar-refractivity contribution in [2.45, 2.75) is 64.1 Å². The number of hydrogen-bond acceptors (Lipinski definition) is 17. The van der Waals surface area contributed by atoms with Crippen molar-refractivity contribution >= 4 is 64.1 Å². The fraction of sp³-hybridized carbons (Fsp3) is 0.390. The molecule has 4 amide bonds. The molecule has 0 radical (unpaired) electrons. The molecule has 3 unspecified atom stereocenters. The fourth-order valence-electron chi connectivity index (χ4n) is 7.51. The van der Waals surface area contributed by atoms with Crippen molar-refractivity contribution in [1.82, 2.24) is 49.2 Å². The monoisotopic (exact) mass is 928 g/mol. The zero-order valence-electron chi connectivity index (χ0n) is 37.1. The lowest BCUT2D eigenvalue weighted by Crippen LogP contribution is -2.43. The molecule has 5 aromatic rings. The maximum atomic E-state index is 13.4. The molecule has 67 heavy (non-hydrogen) atoms. The van der Waals surface area contributed by atoms with Crippen LogP contribution in [0.4, 0.5) is 17.3 Å². The first-order chi connectivity index (χ1) is 31.9. The lowest BCUT2D eigenvalue weighted by atomic mass is 10.1. The van der Waals surface area contributed by atoms with Gasteiger partial charge in [0.2, 0.25) is 11.8 Å². The predicted molar refractivity (Wildman–Crippen MR) is 234 cm³/mol. The van der Waals surface area contributed by atoms with E-state index < -0.39 is 65.1 Å². The van der Waals surface area contributed by atoms with Gasteiger partial charge in [0.15, 0.2) is 11.2 Å². The average Bonchev–Trinajstić information content (AvgIpc) is 4.14. The van der Waals surface area contributed by atoms with Crippen LogP contribution >= 0.6 is 0 Å². The zero-order valence-corrected chi connectivity index (χ0v) is 37.1. The third kappa shape index (κ3) is 10.8. The van der Waals surface area contributed by atoms with Gasteiger partial charge < -0.3 is 59.8 Å². The van der Waals surface area contributed by atoms with Gasteiger partial charge in [0.1, 0.15) is 47.8 Å². The topological polar surface area (TPSA) is 315 Å². The number of amides is 4. The molecule has 0 aromatic carbocycles. The Hall–Kier alpha value is -8.29. The second-order valence-corrected chi connectivity index (χ2v) is 15.7. The van der Waals surface area contributed by atoms with Crippen molar-refractivity contribution in [2.75, 3.05) is 42.7 Å². The molecule has 2 aliphatic heterocycles. The Morgan fingerprint density at radius 1 is 0.955 bits per heavy atom. The molecule has 6 N–H and O–H groups in total. The molecule has 5 aromatic heterocycles. The molecule has 0 aliphatic carbocycles. The van der Waals surface area contributed by atoms with Gasteiger partial charge in [-0.3, -0.25) is 38.2 Å². The molecule has 1 saturated heterocycles. The van der Waals surface area contributed by atoms with E-state index in [1.807, 2.05) is 6.92 Å². The smallest absolute Gasteiger partial charge is 0.303 e. The van der Waals surface area contributed by atoms with Gasteiger partial charge in [-0.05, 0) is 43.7 Å². The summed E-state index contributed by atoms with van der Waals surface area (Å²) in [4.78, 5) is 109. The second kappa shape index (κ2) is 19.8. The number of esters is 2. The highest BCUT2D eigenvalue weighted by Crippen LogP contribution is 2.35. The molecule has 2 aliphatic rings. The molecule has 5 atom stereocenters. The number of fused-ring (bicyclic) bond motifs is 1. The van der Waals surface area contributed by atoms with Gasteiger partial charge in [-0.1, -0.05) is 0 Å². The van der Waals surface area contributed by atoms with Crippen LogP contribution in [0.2, 0.25) is 0 Å². The number of aromatic amines is 1. The van der Waals surface area contributed by atoms with Gasteiger partial charge in [-0.2, -0.15) is 9.97 Å². The summed E-state index contributed by atoms with van der Waals surface area (Å²) >= 11 is 0. The van der Waals surface area contributed by atoms with E-state index in [-0.39, 0.29) is 60.9 Å². The van der Waals surface area contributed by atoms with E-state index in [1.165, 1.54) is 37.0 Å². The number of ether oxygens (including phenoxy) is 3. The minimum absolute atomic E-state index is 0.0478. The number of imidazole rings is 1. The summed E-state index contributed by atoms with van der Waals surface area (Å²) in [7, 11) is 5.17. The minimum Gasteiger partial charge on any atom is -0.463 e. The Labute approximate surface area is 380 Å². The number of aromatic nitrogens is 7. The van der Waals surface area contributed by atoms with Crippen LogP contribution in [0.1, 0.15) is 71.3 Å². The number of likely N-dealkylation sites (N-methyl/N-ethyl adjacent to an activating group) is 1. The van der Waals surface area contributed by atoms with Gasteiger partial charge in [-0.15, -0.1) is 10.1 Å². The summed E-state index contributed by atoms with van der Waals surface area (Å²) in [6, 6.07) is 5.66. The highest BCUT2D eigenvalue weighted by molar-refractivity contribution is 6.05. The van der Waals surface area contributed by atoms with Crippen LogP contribution in [0.3, 0.4) is 0 Å². The average molecular weight is 929 g/mol. The van der Waals surface area contributed by atoms with Crippen molar-refractivity contribution in [2.24, 2.45) is 14.1 Å². The molecule has 26 nitrogen and oxygen atoms in total. The molecule has 354 valence electrons. The maximum absolute atomic E-state index is 13.4. The quantitative estimate of drug-likeness (QED) is 0.0315. The largest absolute Gasteiger partial charge is 0.463 e. The molecule has 26 heteroatoms. The van der Waals surface area contributed by atoms with Gasteiger partial charge in [-0.25, -0.2) is 4.98 Å². The number of H-pyrrole nitrogens is 1. The minimum atomic E-state index is -1.04.